The van der Waals surface area contributed by atoms with Crippen LogP contribution >= 0.6 is 0 Å². The molecule has 1 N–H and O–H groups in total. The second-order valence-electron chi connectivity index (χ2n) is 2.13. The molecule has 2 atom stereocenters. The van der Waals surface area contributed by atoms with Crippen molar-refractivity contribution in [3.63, 3.8) is 0 Å². The Bertz CT molecular complexity index is 41.4. The van der Waals surface area contributed by atoms with Crippen LogP contribution < -0.4 is 0 Å². The Hall–Kier alpha value is -0.0400. The molecule has 7 heavy (non-hydrogen) atoms. The molecule has 0 aromatic heterocycles. The molecule has 44 valence electrons. The average molecular weight is 102 g/mol. The number of aliphatic hydroxyl groups is 1. The highest BCUT2D eigenvalue weighted by molar-refractivity contribution is 4.54. The van der Waals surface area contributed by atoms with Crippen molar-refractivity contribution in [3.05, 3.63) is 0 Å². The predicted octanol–water partition coefficient (Wildman–Crippen LogP) is 1.41. The maximum Gasteiger partial charge on any atom is 0.0537 e. The molecule has 0 bridgehead atoms. The highest BCUT2D eigenvalue weighted by atomic mass is 16.3. The molecule has 0 rings (SSSR count). The van der Waals surface area contributed by atoms with Gasteiger partial charge in [0.1, 0.15) is 0 Å². The molecule has 1 nitrogen and oxygen atoms in total. The van der Waals surface area contributed by atoms with E-state index in [9.17, 15) is 0 Å². The van der Waals surface area contributed by atoms with Gasteiger partial charge in [0.25, 0.3) is 0 Å². The van der Waals surface area contributed by atoms with Crippen LogP contribution in [0.2, 0.25) is 0 Å². The molecule has 0 fully saturated rings. The van der Waals surface area contributed by atoms with Gasteiger partial charge in [0, 0.05) is 0 Å². The normalized spacial score (nSPS) is 18.9. The molecule has 0 aromatic carbocycles. The van der Waals surface area contributed by atoms with Gasteiger partial charge >= 0.3 is 0 Å². The summed E-state index contributed by atoms with van der Waals surface area (Å²) in [4.78, 5) is 0. The van der Waals surface area contributed by atoms with Crippen LogP contribution in [0.15, 0.2) is 0 Å². The molecule has 0 saturated heterocycles. The van der Waals surface area contributed by atoms with Gasteiger partial charge in [0.2, 0.25) is 0 Å². The van der Waals surface area contributed by atoms with Gasteiger partial charge in [0.15, 0.2) is 0 Å². The van der Waals surface area contributed by atoms with E-state index in [2.05, 4.69) is 6.92 Å². The van der Waals surface area contributed by atoms with Crippen LogP contribution in [-0.4, -0.2) is 11.2 Å². The third kappa shape index (κ3) is 2.63. The van der Waals surface area contributed by atoms with E-state index < -0.39 is 0 Å². The van der Waals surface area contributed by atoms with Crippen molar-refractivity contribution >= 4 is 0 Å². The number of hydrogen-bond donors (Lipinski definition) is 1. The van der Waals surface area contributed by atoms with Crippen LogP contribution in [0.1, 0.15) is 27.2 Å². The molecule has 0 aliphatic carbocycles. The van der Waals surface area contributed by atoms with Gasteiger partial charge in [-0.1, -0.05) is 20.3 Å². The van der Waals surface area contributed by atoms with E-state index in [1.807, 2.05) is 13.8 Å². The average Bonchev–Trinajstić information content (AvgIpc) is 1.65. The van der Waals surface area contributed by atoms with Crippen LogP contribution in [0.4, 0.5) is 0 Å². The zero-order valence-electron chi connectivity index (χ0n) is 5.31. The van der Waals surface area contributed by atoms with Gasteiger partial charge in [-0.25, -0.2) is 0 Å². The number of hydrogen-bond acceptors (Lipinski definition) is 1. The zero-order chi connectivity index (χ0) is 5.86. The Kier molecular flexibility index (Phi) is 3.01. The highest BCUT2D eigenvalue weighted by Crippen LogP contribution is 2.04. The fraction of sp³-hybridized carbons (Fsp3) is 1.00. The minimum atomic E-state index is -0.134. The summed E-state index contributed by atoms with van der Waals surface area (Å²) in [6.45, 7) is 5.95. The molecule has 0 radical (unpaired) electrons. The van der Waals surface area contributed by atoms with Gasteiger partial charge in [-0.05, 0) is 12.8 Å². The Balaban J connectivity index is 3.14. The molecule has 0 aromatic rings. The number of aliphatic hydroxyl groups excluding tert-OH is 1. The second-order valence-corrected chi connectivity index (χ2v) is 2.13. The molecule has 1 unspecified atom stereocenters. The van der Waals surface area contributed by atoms with Crippen molar-refractivity contribution in [2.75, 3.05) is 0 Å². The topological polar surface area (TPSA) is 20.2 Å². The van der Waals surface area contributed by atoms with Crippen LogP contribution in [0.25, 0.3) is 0 Å². The zero-order valence-corrected chi connectivity index (χ0v) is 5.31. The Morgan fingerprint density at radius 2 is 1.86 bits per heavy atom. The molecule has 0 amide bonds. The Morgan fingerprint density at radius 1 is 1.43 bits per heavy atom. The Labute approximate surface area is 45.4 Å². The third-order valence-corrected chi connectivity index (χ3v) is 1.47. The van der Waals surface area contributed by atoms with Crippen LogP contribution in [0.5, 0.6) is 0 Å². The van der Waals surface area contributed by atoms with Crippen LogP contribution in [0, 0.1) is 5.92 Å². The lowest BCUT2D eigenvalue weighted by Gasteiger charge is -2.09. The third-order valence-electron chi connectivity index (χ3n) is 1.47. The smallest absolute Gasteiger partial charge is 0.0537 e. The first kappa shape index (κ1) is 6.96. The monoisotopic (exact) mass is 102 g/mol. The molecule has 0 aliphatic heterocycles. The molecule has 0 saturated carbocycles. The molecule has 0 heterocycles. The summed E-state index contributed by atoms with van der Waals surface area (Å²) in [6.07, 6.45) is 0.933. The van der Waals surface area contributed by atoms with Gasteiger partial charge in [-0.3, -0.25) is 0 Å². The van der Waals surface area contributed by atoms with Crippen molar-refractivity contribution in [1.29, 1.82) is 0 Å². The SMILES string of the molecule is CCC(C)[C@@H](C)O. The summed E-state index contributed by atoms with van der Waals surface area (Å²) in [7, 11) is 0. The number of rotatable bonds is 2. The van der Waals surface area contributed by atoms with Crippen molar-refractivity contribution < 1.29 is 5.11 Å². The molecular weight excluding hydrogens is 88.1 g/mol. The molecule has 0 spiro atoms. The standard InChI is InChI=1S/C6H14O/c1-4-5(2)6(3)7/h5-7H,4H2,1-3H3/t5?,6-/m1/s1. The van der Waals surface area contributed by atoms with E-state index >= 15 is 0 Å². The fourth-order valence-corrected chi connectivity index (χ4v) is 0.341. The largest absolute Gasteiger partial charge is 0.393 e. The highest BCUT2D eigenvalue weighted by Gasteiger charge is 2.03. The van der Waals surface area contributed by atoms with Gasteiger partial charge < -0.3 is 5.11 Å². The summed E-state index contributed by atoms with van der Waals surface area (Å²) in [5.41, 5.74) is 0. The van der Waals surface area contributed by atoms with Crippen molar-refractivity contribution in [1.82, 2.24) is 0 Å². The van der Waals surface area contributed by atoms with Crippen molar-refractivity contribution in [3.8, 4) is 0 Å². The van der Waals surface area contributed by atoms with E-state index in [1.165, 1.54) is 0 Å². The van der Waals surface area contributed by atoms with Crippen LogP contribution in [-0.2, 0) is 0 Å². The summed E-state index contributed by atoms with van der Waals surface area (Å²) in [5.74, 6) is 0.458. The van der Waals surface area contributed by atoms with Gasteiger partial charge in [0.05, 0.1) is 6.10 Å². The lowest BCUT2D eigenvalue weighted by Crippen LogP contribution is -2.10. The van der Waals surface area contributed by atoms with E-state index in [1.54, 1.807) is 0 Å². The van der Waals surface area contributed by atoms with Gasteiger partial charge in [-0.15, -0.1) is 0 Å². The maximum atomic E-state index is 8.82. The lowest BCUT2D eigenvalue weighted by molar-refractivity contribution is 0.133. The van der Waals surface area contributed by atoms with E-state index in [0.717, 1.165) is 6.42 Å². The first-order valence-corrected chi connectivity index (χ1v) is 2.86. The second kappa shape index (κ2) is 3.03. The minimum absolute atomic E-state index is 0.134. The summed E-state index contributed by atoms with van der Waals surface area (Å²) >= 11 is 0. The van der Waals surface area contributed by atoms with Crippen LogP contribution in [0.3, 0.4) is 0 Å². The van der Waals surface area contributed by atoms with E-state index in [4.69, 9.17) is 5.11 Å². The molecular formula is C6H14O. The fourth-order valence-electron chi connectivity index (χ4n) is 0.341. The summed E-state index contributed by atoms with van der Waals surface area (Å²) in [5, 5.41) is 8.82. The lowest BCUT2D eigenvalue weighted by atomic mass is 10.0. The minimum Gasteiger partial charge on any atom is -0.393 e. The first-order valence-electron chi connectivity index (χ1n) is 2.86. The first-order chi connectivity index (χ1) is 3.18. The summed E-state index contributed by atoms with van der Waals surface area (Å²) < 4.78 is 0. The van der Waals surface area contributed by atoms with E-state index in [0.29, 0.717) is 5.92 Å². The predicted molar refractivity (Wildman–Crippen MR) is 31.1 cm³/mol. The van der Waals surface area contributed by atoms with Crippen molar-refractivity contribution in [2.24, 2.45) is 5.92 Å². The molecule has 0 aliphatic rings. The quantitative estimate of drug-likeness (QED) is 0.559. The van der Waals surface area contributed by atoms with Crippen molar-refractivity contribution in [2.45, 2.75) is 33.3 Å². The summed E-state index contributed by atoms with van der Waals surface area (Å²) in [6, 6.07) is 0. The maximum absolute atomic E-state index is 8.82. The van der Waals surface area contributed by atoms with Gasteiger partial charge in [-0.2, -0.15) is 0 Å². The Morgan fingerprint density at radius 3 is 1.86 bits per heavy atom. The molecule has 1 heteroatoms. The van der Waals surface area contributed by atoms with E-state index in [-0.39, 0.29) is 6.10 Å².